The van der Waals surface area contributed by atoms with E-state index in [4.69, 9.17) is 11.6 Å². The van der Waals surface area contributed by atoms with Crippen molar-refractivity contribution in [3.05, 3.63) is 101 Å². The minimum absolute atomic E-state index is 0. The van der Waals surface area contributed by atoms with Crippen LogP contribution in [0.15, 0.2) is 79.1 Å². The summed E-state index contributed by atoms with van der Waals surface area (Å²) < 4.78 is 2.02. The van der Waals surface area contributed by atoms with E-state index in [1.165, 1.54) is 18.2 Å². The first-order valence-electron chi connectivity index (χ1n) is 7.86. The average Bonchev–Trinajstić information content (AvgIpc) is 2.63. The average molecular weight is 386 g/mol. The molecule has 5 heteroatoms. The van der Waals surface area contributed by atoms with Gasteiger partial charge in [0, 0.05) is 23.3 Å². The monoisotopic (exact) mass is 385 g/mol. The fourth-order valence-electron chi connectivity index (χ4n) is 2.44. The fourth-order valence-corrected chi connectivity index (χ4v) is 2.63. The van der Waals surface area contributed by atoms with Crippen LogP contribution in [0.3, 0.4) is 0 Å². The number of benzene rings is 2. The van der Waals surface area contributed by atoms with Gasteiger partial charge in [0.1, 0.15) is 5.75 Å². The number of allylic oxidation sites excluding steroid dienone is 1. The van der Waals surface area contributed by atoms with E-state index in [1.54, 1.807) is 18.2 Å². The second kappa shape index (κ2) is 9.18. The summed E-state index contributed by atoms with van der Waals surface area (Å²) in [5, 5.41) is 10.2. The van der Waals surface area contributed by atoms with Gasteiger partial charge in [-0.3, -0.25) is 4.79 Å². The number of halogens is 2. The Morgan fingerprint density at radius 2 is 1.77 bits per heavy atom. The van der Waals surface area contributed by atoms with Crippen LogP contribution in [0.4, 0.5) is 0 Å². The minimum atomic E-state index is -0.149. The van der Waals surface area contributed by atoms with Crippen molar-refractivity contribution in [3.63, 3.8) is 0 Å². The third kappa shape index (κ3) is 5.19. The van der Waals surface area contributed by atoms with Gasteiger partial charge >= 0.3 is 0 Å². The van der Waals surface area contributed by atoms with E-state index in [2.05, 4.69) is 0 Å². The largest absolute Gasteiger partial charge is 1.00 e. The van der Waals surface area contributed by atoms with Gasteiger partial charge in [0.15, 0.2) is 24.7 Å². The van der Waals surface area contributed by atoms with Gasteiger partial charge in [-0.1, -0.05) is 48.0 Å². The summed E-state index contributed by atoms with van der Waals surface area (Å²) in [7, 11) is 0. The lowest BCUT2D eigenvalue weighted by Crippen LogP contribution is -3.00. The lowest BCUT2D eigenvalue weighted by molar-refractivity contribution is -0.688. The maximum absolute atomic E-state index is 12.1. The smallest absolute Gasteiger partial charge is 0.185 e. The van der Waals surface area contributed by atoms with Crippen molar-refractivity contribution >= 4 is 23.5 Å². The number of phenolic OH excluding ortho intramolecular Hbond substituents is 1. The van der Waals surface area contributed by atoms with E-state index in [1.807, 2.05) is 53.4 Å². The van der Waals surface area contributed by atoms with Crippen molar-refractivity contribution in [1.29, 1.82) is 0 Å². The van der Waals surface area contributed by atoms with E-state index >= 15 is 0 Å². The number of carbonyl (C=O) groups excluding carboxylic acids is 1. The molecule has 0 bridgehead atoms. The van der Waals surface area contributed by atoms with Crippen LogP contribution in [0, 0.1) is 0 Å². The number of hydrogen-bond acceptors (Lipinski definition) is 2. The van der Waals surface area contributed by atoms with Crippen molar-refractivity contribution in [1.82, 2.24) is 0 Å². The van der Waals surface area contributed by atoms with Crippen LogP contribution in [0.25, 0.3) is 6.08 Å². The highest BCUT2D eigenvalue weighted by Gasteiger charge is 2.06. The molecule has 3 rings (SSSR count). The van der Waals surface area contributed by atoms with Gasteiger partial charge in [-0.05, 0) is 29.8 Å². The molecule has 3 aromatic rings. The molecule has 1 aromatic heterocycles. The zero-order chi connectivity index (χ0) is 17.6. The summed E-state index contributed by atoms with van der Waals surface area (Å²) in [5.41, 5.74) is 2.43. The molecule has 0 radical (unpaired) electrons. The van der Waals surface area contributed by atoms with Crippen LogP contribution in [-0.4, -0.2) is 10.9 Å². The molecule has 2 aromatic carbocycles. The topological polar surface area (TPSA) is 41.2 Å². The van der Waals surface area contributed by atoms with Crippen molar-refractivity contribution in [2.45, 2.75) is 6.54 Å². The van der Waals surface area contributed by atoms with E-state index in [-0.39, 0.29) is 23.9 Å². The zero-order valence-electron chi connectivity index (χ0n) is 13.8. The normalized spacial score (nSPS) is 10.5. The molecule has 0 aliphatic heterocycles. The summed E-state index contributed by atoms with van der Waals surface area (Å²) >= 11 is 6.18. The molecule has 1 N–H and O–H groups in total. The van der Waals surface area contributed by atoms with Gasteiger partial charge in [-0.15, -0.1) is 0 Å². The van der Waals surface area contributed by atoms with Crippen LogP contribution < -0.4 is 17.0 Å². The van der Waals surface area contributed by atoms with Gasteiger partial charge in [0.05, 0.1) is 5.02 Å². The molecule has 0 atom stereocenters. The minimum Gasteiger partial charge on any atom is -1.00 e. The zero-order valence-corrected chi connectivity index (χ0v) is 15.4. The van der Waals surface area contributed by atoms with Crippen molar-refractivity contribution < 1.29 is 26.9 Å². The summed E-state index contributed by atoms with van der Waals surface area (Å²) in [6, 6.07) is 17.9. The van der Waals surface area contributed by atoms with Crippen molar-refractivity contribution in [2.75, 3.05) is 0 Å². The molecule has 0 unspecified atom stereocenters. The summed E-state index contributed by atoms with van der Waals surface area (Å²) in [5.74, 6) is -0.0664. The van der Waals surface area contributed by atoms with E-state index in [0.717, 1.165) is 16.1 Å². The number of rotatable bonds is 5. The molecule has 3 nitrogen and oxygen atoms in total. The number of aromatic hydroxyl groups is 1. The lowest BCUT2D eigenvalue weighted by Gasteiger charge is -2.01. The highest BCUT2D eigenvalue weighted by molar-refractivity contribution is 6.31. The molecular formula is C21H17Cl2NO2. The second-order valence-corrected chi connectivity index (χ2v) is 6.05. The maximum Gasteiger partial charge on any atom is 0.185 e. The van der Waals surface area contributed by atoms with Crippen LogP contribution in [0.5, 0.6) is 5.75 Å². The highest BCUT2D eigenvalue weighted by atomic mass is 35.5. The standard InChI is InChI=1S/C21H16ClNO2.ClH/c22-20-7-2-1-4-18(20)15-23-12-10-16(11-13-23)8-9-21(25)17-5-3-6-19(24)14-17;/h1-14H,15H2;1H/b9-8+;. The van der Waals surface area contributed by atoms with Crippen LogP contribution in [-0.2, 0) is 6.54 Å². The number of aromatic nitrogens is 1. The predicted molar refractivity (Wildman–Crippen MR) is 98.7 cm³/mol. The Balaban J connectivity index is 0.00000243. The van der Waals surface area contributed by atoms with E-state index < -0.39 is 0 Å². The number of ketones is 1. The predicted octanol–water partition coefficient (Wildman–Crippen LogP) is 1.28. The Morgan fingerprint density at radius 1 is 1.04 bits per heavy atom. The van der Waals surface area contributed by atoms with Crippen molar-refractivity contribution in [3.8, 4) is 5.75 Å². The Hall–Kier alpha value is -2.62. The maximum atomic E-state index is 12.1. The molecule has 0 spiro atoms. The number of hydrogen-bond donors (Lipinski definition) is 1. The van der Waals surface area contributed by atoms with Crippen molar-refractivity contribution in [2.24, 2.45) is 0 Å². The summed E-state index contributed by atoms with van der Waals surface area (Å²) in [6.07, 6.45) is 7.15. The molecule has 0 aliphatic rings. The first-order chi connectivity index (χ1) is 12.1. The number of nitrogens with zero attached hydrogens (tertiary/aromatic N) is 1. The van der Waals surface area contributed by atoms with Crippen LogP contribution in [0.1, 0.15) is 21.5 Å². The number of phenols is 1. The Bertz CT molecular complexity index is 921. The van der Waals surface area contributed by atoms with Gasteiger partial charge in [0.2, 0.25) is 0 Å². The van der Waals surface area contributed by atoms with Gasteiger partial charge < -0.3 is 17.5 Å². The van der Waals surface area contributed by atoms with E-state index in [9.17, 15) is 9.90 Å². The molecular weight excluding hydrogens is 369 g/mol. The Kier molecular flexibility index (Phi) is 6.96. The quantitative estimate of drug-likeness (QED) is 0.408. The highest BCUT2D eigenvalue weighted by Crippen LogP contribution is 2.14. The van der Waals surface area contributed by atoms with Crippen LogP contribution in [0.2, 0.25) is 5.02 Å². The third-order valence-corrected chi connectivity index (χ3v) is 4.15. The first kappa shape index (κ1) is 19.7. The number of carbonyl (C=O) groups is 1. The van der Waals surface area contributed by atoms with Gasteiger partial charge in [0.25, 0.3) is 0 Å². The molecule has 0 amide bonds. The van der Waals surface area contributed by atoms with Crippen LogP contribution >= 0.6 is 11.6 Å². The Labute approximate surface area is 163 Å². The molecule has 1 heterocycles. The van der Waals surface area contributed by atoms with Gasteiger partial charge in [-0.2, -0.15) is 0 Å². The molecule has 0 aliphatic carbocycles. The number of pyridine rings is 1. The summed E-state index contributed by atoms with van der Waals surface area (Å²) in [6.45, 7) is 0.686. The lowest BCUT2D eigenvalue weighted by atomic mass is 10.1. The molecule has 0 saturated carbocycles. The fraction of sp³-hybridized carbons (Fsp3) is 0.0476. The molecule has 132 valence electrons. The van der Waals surface area contributed by atoms with Gasteiger partial charge in [-0.25, -0.2) is 4.57 Å². The summed E-state index contributed by atoms with van der Waals surface area (Å²) in [4.78, 5) is 12.1. The first-order valence-corrected chi connectivity index (χ1v) is 8.23. The SMILES string of the molecule is O=C(/C=C/c1cc[n+](Cc2ccccc2Cl)cc1)c1cccc(O)c1.[Cl-]. The van der Waals surface area contributed by atoms with E-state index in [0.29, 0.717) is 12.1 Å². The Morgan fingerprint density at radius 3 is 2.46 bits per heavy atom. The second-order valence-electron chi connectivity index (χ2n) is 5.64. The molecule has 26 heavy (non-hydrogen) atoms. The molecule has 0 fully saturated rings. The third-order valence-electron chi connectivity index (χ3n) is 3.79. The molecule has 0 saturated heterocycles.